The Balaban J connectivity index is 2.27. The first-order valence-electron chi connectivity index (χ1n) is 8.11. The van der Waals surface area contributed by atoms with Crippen molar-refractivity contribution in [1.29, 1.82) is 0 Å². The number of fused-ring (bicyclic) bond motifs is 1. The maximum atomic E-state index is 12.4. The van der Waals surface area contributed by atoms with E-state index in [0.29, 0.717) is 19.6 Å². The van der Waals surface area contributed by atoms with Gasteiger partial charge in [-0.2, -0.15) is 0 Å². The van der Waals surface area contributed by atoms with Crippen LogP contribution in [0.3, 0.4) is 0 Å². The monoisotopic (exact) mass is 305 g/mol. The molecule has 1 aromatic carbocycles. The maximum absolute atomic E-state index is 12.4. The number of hydrogen-bond acceptors (Lipinski definition) is 4. The Morgan fingerprint density at radius 1 is 1.36 bits per heavy atom. The van der Waals surface area contributed by atoms with Crippen LogP contribution in [0.15, 0.2) is 18.2 Å². The lowest BCUT2D eigenvalue weighted by Crippen LogP contribution is -2.38. The molecule has 0 radical (unpaired) electrons. The smallest absolute Gasteiger partial charge is 0.230 e. The van der Waals surface area contributed by atoms with Crippen molar-refractivity contribution in [2.45, 2.75) is 33.2 Å². The third-order valence-electron chi connectivity index (χ3n) is 4.21. The van der Waals surface area contributed by atoms with Crippen molar-refractivity contribution in [2.24, 2.45) is 5.73 Å². The van der Waals surface area contributed by atoms with Crippen molar-refractivity contribution in [3.05, 3.63) is 23.8 Å². The number of carbonyl (C=O) groups excluding carboxylic acids is 1. The van der Waals surface area contributed by atoms with Crippen molar-refractivity contribution >= 4 is 11.6 Å². The molecule has 5 heteroatoms. The van der Waals surface area contributed by atoms with Gasteiger partial charge in [0.05, 0.1) is 18.7 Å². The lowest BCUT2D eigenvalue weighted by molar-refractivity contribution is -0.118. The van der Waals surface area contributed by atoms with Crippen molar-refractivity contribution < 1.29 is 9.53 Å². The highest BCUT2D eigenvalue weighted by Crippen LogP contribution is 2.33. The van der Waals surface area contributed by atoms with Gasteiger partial charge < -0.3 is 20.3 Å². The molecular formula is C17H27N3O2. The Labute approximate surface area is 133 Å². The number of amides is 1. The number of anilines is 1. The summed E-state index contributed by atoms with van der Waals surface area (Å²) in [5, 5.41) is 0. The number of rotatable bonds is 6. The Hall–Kier alpha value is -1.59. The van der Waals surface area contributed by atoms with Crippen molar-refractivity contribution in [3.63, 3.8) is 0 Å². The van der Waals surface area contributed by atoms with E-state index in [1.165, 1.54) is 0 Å². The third kappa shape index (κ3) is 3.78. The SMILES string of the molecule is CCN(CC)CCN1C(=O)CCOc2ccc(C(C)N)cc21. The van der Waals surface area contributed by atoms with Gasteiger partial charge in [0.1, 0.15) is 5.75 Å². The van der Waals surface area contributed by atoms with Gasteiger partial charge in [0.15, 0.2) is 0 Å². The predicted molar refractivity (Wildman–Crippen MR) is 89.3 cm³/mol. The predicted octanol–water partition coefficient (Wildman–Crippen LogP) is 2.16. The van der Waals surface area contributed by atoms with Crippen LogP contribution in [0.5, 0.6) is 5.75 Å². The highest BCUT2D eigenvalue weighted by atomic mass is 16.5. The van der Waals surface area contributed by atoms with E-state index < -0.39 is 0 Å². The molecule has 2 N–H and O–H groups in total. The molecule has 122 valence electrons. The zero-order chi connectivity index (χ0) is 16.1. The first kappa shape index (κ1) is 16.8. The van der Waals surface area contributed by atoms with Crippen LogP contribution < -0.4 is 15.4 Å². The zero-order valence-electron chi connectivity index (χ0n) is 13.8. The Morgan fingerprint density at radius 2 is 2.09 bits per heavy atom. The number of ether oxygens (including phenoxy) is 1. The lowest BCUT2D eigenvalue weighted by Gasteiger charge is -2.26. The molecule has 0 saturated heterocycles. The van der Waals surface area contributed by atoms with E-state index in [9.17, 15) is 4.79 Å². The lowest BCUT2D eigenvalue weighted by atomic mass is 10.1. The summed E-state index contributed by atoms with van der Waals surface area (Å²) in [6.07, 6.45) is 0.417. The molecule has 0 bridgehead atoms. The molecule has 1 atom stereocenters. The van der Waals surface area contributed by atoms with Crippen LogP contribution in [0.1, 0.15) is 38.8 Å². The average molecular weight is 305 g/mol. The first-order chi connectivity index (χ1) is 10.6. The largest absolute Gasteiger partial charge is 0.491 e. The summed E-state index contributed by atoms with van der Waals surface area (Å²) in [5.74, 6) is 0.891. The van der Waals surface area contributed by atoms with Gasteiger partial charge in [-0.15, -0.1) is 0 Å². The molecule has 1 unspecified atom stereocenters. The molecule has 0 saturated carbocycles. The molecule has 5 nitrogen and oxygen atoms in total. The Morgan fingerprint density at radius 3 is 2.73 bits per heavy atom. The summed E-state index contributed by atoms with van der Waals surface area (Å²) in [5.41, 5.74) is 7.85. The van der Waals surface area contributed by atoms with E-state index in [4.69, 9.17) is 10.5 Å². The molecule has 1 heterocycles. The number of nitrogens with zero attached hydrogens (tertiary/aromatic N) is 2. The minimum absolute atomic E-state index is 0.0618. The average Bonchev–Trinajstić information content (AvgIpc) is 2.66. The van der Waals surface area contributed by atoms with Gasteiger partial charge in [-0.1, -0.05) is 19.9 Å². The standard InChI is InChI=1S/C17H27N3O2/c1-4-19(5-2)9-10-20-15-12-14(13(3)18)6-7-16(15)22-11-8-17(20)21/h6-7,12-13H,4-5,8-11,18H2,1-3H3. The molecule has 0 fully saturated rings. The molecule has 1 aliphatic heterocycles. The normalized spacial score (nSPS) is 16.2. The second kappa shape index (κ2) is 7.61. The summed E-state index contributed by atoms with van der Waals surface area (Å²) < 4.78 is 5.73. The fraction of sp³-hybridized carbons (Fsp3) is 0.588. The van der Waals surface area contributed by atoms with E-state index in [-0.39, 0.29) is 11.9 Å². The number of hydrogen-bond donors (Lipinski definition) is 1. The van der Waals surface area contributed by atoms with Crippen molar-refractivity contribution in [3.8, 4) is 5.75 Å². The maximum Gasteiger partial charge on any atom is 0.230 e. The van der Waals surface area contributed by atoms with Crippen LogP contribution in [-0.4, -0.2) is 43.6 Å². The summed E-state index contributed by atoms with van der Waals surface area (Å²) in [6.45, 7) is 10.2. The van der Waals surface area contributed by atoms with Crippen LogP contribution in [0, 0.1) is 0 Å². The van der Waals surface area contributed by atoms with E-state index in [1.54, 1.807) is 0 Å². The highest BCUT2D eigenvalue weighted by molar-refractivity contribution is 5.95. The molecule has 1 aliphatic rings. The van der Waals surface area contributed by atoms with E-state index in [0.717, 1.165) is 36.6 Å². The van der Waals surface area contributed by atoms with Crippen molar-refractivity contribution in [2.75, 3.05) is 37.7 Å². The van der Waals surface area contributed by atoms with Gasteiger partial charge in [-0.25, -0.2) is 0 Å². The highest BCUT2D eigenvalue weighted by Gasteiger charge is 2.24. The fourth-order valence-corrected chi connectivity index (χ4v) is 2.69. The second-order valence-corrected chi connectivity index (χ2v) is 5.69. The van der Waals surface area contributed by atoms with Crippen LogP contribution in [-0.2, 0) is 4.79 Å². The van der Waals surface area contributed by atoms with Gasteiger partial charge in [-0.3, -0.25) is 4.79 Å². The quantitative estimate of drug-likeness (QED) is 0.875. The fourth-order valence-electron chi connectivity index (χ4n) is 2.69. The second-order valence-electron chi connectivity index (χ2n) is 5.69. The van der Waals surface area contributed by atoms with Gasteiger partial charge >= 0.3 is 0 Å². The van der Waals surface area contributed by atoms with Crippen LogP contribution in [0.4, 0.5) is 5.69 Å². The minimum Gasteiger partial charge on any atom is -0.491 e. The molecular weight excluding hydrogens is 278 g/mol. The van der Waals surface area contributed by atoms with Crippen LogP contribution >= 0.6 is 0 Å². The van der Waals surface area contributed by atoms with E-state index in [2.05, 4.69) is 18.7 Å². The van der Waals surface area contributed by atoms with Gasteiger partial charge in [0.25, 0.3) is 0 Å². The number of benzene rings is 1. The van der Waals surface area contributed by atoms with E-state index in [1.807, 2.05) is 30.0 Å². The number of carbonyl (C=O) groups is 1. The zero-order valence-corrected chi connectivity index (χ0v) is 13.8. The number of nitrogens with two attached hydrogens (primary N) is 1. The van der Waals surface area contributed by atoms with Crippen molar-refractivity contribution in [1.82, 2.24) is 4.90 Å². The van der Waals surface area contributed by atoms with Gasteiger partial charge in [0.2, 0.25) is 5.91 Å². The van der Waals surface area contributed by atoms with Gasteiger partial charge in [-0.05, 0) is 37.7 Å². The van der Waals surface area contributed by atoms with Crippen LogP contribution in [0.2, 0.25) is 0 Å². The summed E-state index contributed by atoms with van der Waals surface area (Å²) in [7, 11) is 0. The molecule has 0 aliphatic carbocycles. The first-order valence-corrected chi connectivity index (χ1v) is 8.11. The van der Waals surface area contributed by atoms with E-state index >= 15 is 0 Å². The Bertz CT molecular complexity index is 513. The molecule has 0 spiro atoms. The summed E-state index contributed by atoms with van der Waals surface area (Å²) in [4.78, 5) is 16.6. The van der Waals surface area contributed by atoms with Gasteiger partial charge in [0, 0.05) is 19.1 Å². The summed E-state index contributed by atoms with van der Waals surface area (Å²) >= 11 is 0. The third-order valence-corrected chi connectivity index (χ3v) is 4.21. The molecule has 1 amide bonds. The molecule has 0 aromatic heterocycles. The number of likely N-dealkylation sites (N-methyl/N-ethyl adjacent to an activating group) is 1. The van der Waals surface area contributed by atoms with Crippen LogP contribution in [0.25, 0.3) is 0 Å². The summed E-state index contributed by atoms with van der Waals surface area (Å²) in [6, 6.07) is 5.83. The molecule has 2 rings (SSSR count). The minimum atomic E-state index is -0.0618. The molecule has 1 aromatic rings. The molecule has 22 heavy (non-hydrogen) atoms. The topological polar surface area (TPSA) is 58.8 Å². The Kier molecular flexibility index (Phi) is 5.80.